The molecule has 2 amide bonds. The summed E-state index contributed by atoms with van der Waals surface area (Å²) in [5, 5.41) is 14.3. The van der Waals surface area contributed by atoms with Crippen LogP contribution in [-0.2, 0) is 18.4 Å². The third-order valence-corrected chi connectivity index (χ3v) is 10.5. The number of hydrogen-bond acceptors (Lipinski definition) is 6. The lowest BCUT2D eigenvalue weighted by Crippen LogP contribution is -2.53. The molecular weight excluding hydrogens is 574 g/mol. The molecule has 0 radical (unpaired) electrons. The van der Waals surface area contributed by atoms with Crippen LogP contribution >= 0.6 is 22.9 Å². The van der Waals surface area contributed by atoms with E-state index in [4.69, 9.17) is 11.6 Å². The smallest absolute Gasteiger partial charge is 0.265 e. The monoisotopic (exact) mass is 607 g/mol. The molecule has 1 N–H and O–H groups in total. The molecule has 0 aliphatic carbocycles. The van der Waals surface area contributed by atoms with E-state index in [0.717, 1.165) is 11.1 Å². The van der Waals surface area contributed by atoms with Crippen molar-refractivity contribution < 1.29 is 14.7 Å². The van der Waals surface area contributed by atoms with Crippen molar-refractivity contribution >= 4 is 45.8 Å². The maximum absolute atomic E-state index is 14.0. The minimum Gasteiger partial charge on any atom is -0.388 e. The van der Waals surface area contributed by atoms with Gasteiger partial charge in [0.25, 0.3) is 11.5 Å². The van der Waals surface area contributed by atoms with Crippen LogP contribution in [0.4, 0.5) is 0 Å². The zero-order chi connectivity index (χ0) is 29.6. The molecule has 0 unspecified atom stereocenters. The Morgan fingerprint density at radius 1 is 1.12 bits per heavy atom. The van der Waals surface area contributed by atoms with Gasteiger partial charge in [0, 0.05) is 51.3 Å². The molecule has 2 aliphatic rings. The van der Waals surface area contributed by atoms with Crippen LogP contribution in [0.25, 0.3) is 11.0 Å². The number of halogens is 1. The van der Waals surface area contributed by atoms with Gasteiger partial charge in [0.15, 0.2) is 0 Å². The van der Waals surface area contributed by atoms with Crippen molar-refractivity contribution in [1.29, 1.82) is 0 Å². The fourth-order valence-corrected chi connectivity index (χ4v) is 7.57. The second kappa shape index (κ2) is 11.3. The zero-order valence-electron chi connectivity index (χ0n) is 23.7. The van der Waals surface area contributed by atoms with Gasteiger partial charge in [-0.2, -0.15) is 0 Å². The first-order valence-electron chi connectivity index (χ1n) is 14.2. The molecule has 220 valence electrons. The maximum atomic E-state index is 14.0. The van der Waals surface area contributed by atoms with Gasteiger partial charge in [-0.25, -0.2) is 4.98 Å². The highest BCUT2D eigenvalue weighted by atomic mass is 35.5. The fourth-order valence-electron chi connectivity index (χ4n) is 6.33. The summed E-state index contributed by atoms with van der Waals surface area (Å²) in [6.45, 7) is 3.73. The average Bonchev–Trinajstić information content (AvgIpc) is 3.55. The number of likely N-dealkylation sites (tertiary alicyclic amines) is 2. The standard InChI is InChI=1S/C31H34ClN5O4S/c1-20-17-42-26(25(20)32)30(40)36-13-9-22(24(16-36)21-6-4-3-5-7-21)28(38)35-14-10-31(41,11-15-35)18-37-19-33-27-23(29(37)39)8-12-34(27)2/h3-8,12,17,19,22,24,41H,9-11,13-16,18H2,1-2H3/t22-,24+/m1/s1. The first kappa shape index (κ1) is 28.6. The summed E-state index contributed by atoms with van der Waals surface area (Å²) in [6, 6.07) is 11.6. The number of benzene rings is 1. The van der Waals surface area contributed by atoms with Crippen LogP contribution < -0.4 is 5.56 Å². The summed E-state index contributed by atoms with van der Waals surface area (Å²) in [5.41, 5.74) is 1.23. The maximum Gasteiger partial charge on any atom is 0.265 e. The topological polar surface area (TPSA) is 101 Å². The predicted molar refractivity (Wildman–Crippen MR) is 163 cm³/mol. The van der Waals surface area contributed by atoms with E-state index in [-0.39, 0.29) is 35.8 Å². The van der Waals surface area contributed by atoms with Crippen molar-refractivity contribution in [2.75, 3.05) is 26.2 Å². The highest BCUT2D eigenvalue weighted by Crippen LogP contribution is 2.37. The van der Waals surface area contributed by atoms with Crippen molar-refractivity contribution in [3.05, 3.63) is 85.7 Å². The normalized spacial score (nSPS) is 20.7. The first-order valence-corrected chi connectivity index (χ1v) is 15.5. The summed E-state index contributed by atoms with van der Waals surface area (Å²) in [4.78, 5) is 49.0. The van der Waals surface area contributed by atoms with Crippen LogP contribution in [0.3, 0.4) is 0 Å². The Balaban J connectivity index is 1.16. The van der Waals surface area contributed by atoms with Crippen LogP contribution in [0.15, 0.2) is 59.1 Å². The summed E-state index contributed by atoms with van der Waals surface area (Å²) in [6.07, 6.45) is 4.56. The molecule has 0 bridgehead atoms. The molecule has 0 spiro atoms. The molecular formula is C31H34ClN5O4S. The van der Waals surface area contributed by atoms with Gasteiger partial charge < -0.3 is 19.5 Å². The zero-order valence-corrected chi connectivity index (χ0v) is 25.3. The van der Waals surface area contributed by atoms with Crippen molar-refractivity contribution in [3.63, 3.8) is 0 Å². The minimum atomic E-state index is -1.11. The van der Waals surface area contributed by atoms with E-state index in [9.17, 15) is 19.5 Å². The number of hydrogen-bond donors (Lipinski definition) is 1. The molecule has 1 aromatic carbocycles. The highest BCUT2D eigenvalue weighted by molar-refractivity contribution is 7.13. The molecule has 3 aromatic heterocycles. The first-order chi connectivity index (χ1) is 20.1. The molecule has 4 aromatic rings. The summed E-state index contributed by atoms with van der Waals surface area (Å²) >= 11 is 7.78. The van der Waals surface area contributed by atoms with Gasteiger partial charge in [-0.1, -0.05) is 41.9 Å². The number of nitrogens with zero attached hydrogens (tertiary/aromatic N) is 5. The Kier molecular flexibility index (Phi) is 7.72. The number of fused-ring (bicyclic) bond motifs is 1. The van der Waals surface area contributed by atoms with E-state index < -0.39 is 5.60 Å². The number of rotatable bonds is 5. The number of aliphatic hydroxyl groups is 1. The fraction of sp³-hybridized carbons (Fsp3) is 0.419. The van der Waals surface area contributed by atoms with Crippen LogP contribution in [0, 0.1) is 12.8 Å². The van der Waals surface area contributed by atoms with Crippen LogP contribution in [0.2, 0.25) is 5.02 Å². The van der Waals surface area contributed by atoms with E-state index in [1.54, 1.807) is 16.8 Å². The number of aromatic nitrogens is 3. The van der Waals surface area contributed by atoms with Crippen LogP contribution in [0.1, 0.15) is 46.0 Å². The Morgan fingerprint density at radius 2 is 1.86 bits per heavy atom. The van der Waals surface area contributed by atoms with E-state index in [1.807, 2.05) is 59.5 Å². The molecule has 11 heteroatoms. The van der Waals surface area contributed by atoms with Gasteiger partial charge in [0.05, 0.1) is 22.6 Å². The van der Waals surface area contributed by atoms with Gasteiger partial charge >= 0.3 is 0 Å². The second-order valence-corrected chi connectivity index (χ2v) is 12.9. The van der Waals surface area contributed by atoms with Gasteiger partial charge in [0.2, 0.25) is 5.91 Å². The molecule has 6 rings (SSSR count). The minimum absolute atomic E-state index is 0.0486. The molecule has 2 aliphatic heterocycles. The number of carbonyl (C=O) groups excluding carboxylic acids is 2. The lowest BCUT2D eigenvalue weighted by molar-refractivity contribution is -0.142. The Labute approximate surface area is 253 Å². The van der Waals surface area contributed by atoms with Crippen molar-refractivity contribution in [3.8, 4) is 0 Å². The molecule has 42 heavy (non-hydrogen) atoms. The molecule has 2 saturated heterocycles. The number of carbonyl (C=O) groups is 2. The third-order valence-electron chi connectivity index (χ3n) is 8.86. The Hall–Kier alpha value is -3.47. The van der Waals surface area contributed by atoms with E-state index in [0.29, 0.717) is 66.4 Å². The molecule has 5 heterocycles. The third kappa shape index (κ3) is 5.27. The van der Waals surface area contributed by atoms with Crippen molar-refractivity contribution in [2.45, 2.75) is 44.2 Å². The lowest BCUT2D eigenvalue weighted by atomic mass is 9.79. The Bertz CT molecular complexity index is 1690. The Morgan fingerprint density at radius 3 is 2.55 bits per heavy atom. The molecule has 2 fully saturated rings. The second-order valence-electron chi connectivity index (χ2n) is 11.6. The number of amides is 2. The van der Waals surface area contributed by atoms with Gasteiger partial charge in [-0.05, 0) is 48.8 Å². The lowest BCUT2D eigenvalue weighted by Gasteiger charge is -2.43. The quantitative estimate of drug-likeness (QED) is 0.369. The number of piperidine rings is 2. The van der Waals surface area contributed by atoms with Crippen molar-refractivity contribution in [2.24, 2.45) is 13.0 Å². The molecule has 2 atom stereocenters. The number of aryl methyl sites for hydroxylation is 2. The van der Waals surface area contributed by atoms with Gasteiger partial charge in [-0.15, -0.1) is 11.3 Å². The number of thiophene rings is 1. The summed E-state index contributed by atoms with van der Waals surface area (Å²) < 4.78 is 3.26. The van der Waals surface area contributed by atoms with Crippen LogP contribution in [-0.4, -0.2) is 72.6 Å². The average molecular weight is 608 g/mol. The van der Waals surface area contributed by atoms with E-state index in [1.165, 1.54) is 22.2 Å². The van der Waals surface area contributed by atoms with Gasteiger partial charge in [-0.3, -0.25) is 19.0 Å². The molecule has 9 nitrogen and oxygen atoms in total. The largest absolute Gasteiger partial charge is 0.388 e. The SMILES string of the molecule is Cc1csc(C(=O)N2CC[C@@H](C(=O)N3CCC(O)(Cn4cnc5c(ccn5C)c4=O)CC3)[C@H](c3ccccc3)C2)c1Cl. The van der Waals surface area contributed by atoms with Crippen LogP contribution in [0.5, 0.6) is 0 Å². The van der Waals surface area contributed by atoms with E-state index >= 15 is 0 Å². The highest BCUT2D eigenvalue weighted by Gasteiger charge is 2.42. The van der Waals surface area contributed by atoms with Gasteiger partial charge in [0.1, 0.15) is 16.9 Å². The summed E-state index contributed by atoms with van der Waals surface area (Å²) in [5.74, 6) is -0.478. The van der Waals surface area contributed by atoms with Crippen molar-refractivity contribution in [1.82, 2.24) is 23.9 Å². The predicted octanol–water partition coefficient (Wildman–Crippen LogP) is 4.06. The van der Waals surface area contributed by atoms with E-state index in [2.05, 4.69) is 4.98 Å². The molecule has 0 saturated carbocycles. The summed E-state index contributed by atoms with van der Waals surface area (Å²) in [7, 11) is 1.84.